The Balaban J connectivity index is 0. The maximum absolute atomic E-state index is 10.0. The Morgan fingerprint density at radius 2 is 1.78 bits per heavy atom. The van der Waals surface area contributed by atoms with Gasteiger partial charge in [0.2, 0.25) is 0 Å². The van der Waals surface area contributed by atoms with E-state index in [4.69, 9.17) is 5.11 Å². The van der Waals surface area contributed by atoms with Gasteiger partial charge in [-0.2, -0.15) is 0 Å². The zero-order chi connectivity index (χ0) is 6.78. The Labute approximate surface area is 66.8 Å². The highest BCUT2D eigenvalue weighted by molar-refractivity contribution is 7.74. The van der Waals surface area contributed by atoms with Crippen molar-refractivity contribution in [2.45, 2.75) is 0 Å². The number of carboxylic acids is 1. The average molecular weight is 215 g/mol. The lowest BCUT2D eigenvalue weighted by Crippen LogP contribution is -3.00. The first-order valence-electron chi connectivity index (χ1n) is 2.44. The average Bonchev–Trinajstić information content (AvgIpc) is 1.21. The first kappa shape index (κ1) is 12.1. The predicted molar refractivity (Wildman–Crippen MR) is 37.2 cm³/mol. The summed E-state index contributed by atoms with van der Waals surface area (Å²) < 4.78 is 0. The summed E-state index contributed by atoms with van der Waals surface area (Å²) in [5, 5.41) is 8.28. The molecule has 0 spiro atoms. The fraction of sp³-hybridized carbons (Fsp3) is 0.800. The van der Waals surface area contributed by atoms with Crippen molar-refractivity contribution in [2.75, 3.05) is 26.2 Å². The van der Waals surface area contributed by atoms with Gasteiger partial charge in [-0.15, -0.1) is 0 Å². The van der Waals surface area contributed by atoms with Crippen molar-refractivity contribution in [3.63, 3.8) is 0 Å². The summed E-state index contributed by atoms with van der Waals surface area (Å²) in [6.45, 7) is 6.04. The van der Waals surface area contributed by atoms with Gasteiger partial charge in [-0.05, 0) is 0 Å². The van der Waals surface area contributed by atoms with E-state index < -0.39 is 13.2 Å². The van der Waals surface area contributed by atoms with Gasteiger partial charge >= 0.3 is 5.97 Å². The molecule has 0 saturated carbocycles. The summed E-state index contributed by atoms with van der Waals surface area (Å²) in [4.78, 5) is 10.0. The van der Waals surface area contributed by atoms with Gasteiger partial charge in [0.15, 0.2) is 6.16 Å². The molecule has 0 saturated heterocycles. The zero-order valence-electron chi connectivity index (χ0n) is 5.89. The van der Waals surface area contributed by atoms with E-state index >= 15 is 0 Å². The maximum Gasteiger partial charge on any atom is 0.341 e. The zero-order valence-corrected chi connectivity index (χ0v) is 8.37. The molecule has 2 nitrogen and oxygen atoms in total. The minimum absolute atomic E-state index is 0. The highest BCUT2D eigenvalue weighted by atomic mass is 79.9. The van der Waals surface area contributed by atoms with Crippen molar-refractivity contribution in [3.05, 3.63) is 0 Å². The minimum atomic E-state index is -1.07. The molecule has 0 bridgehead atoms. The molecule has 0 aliphatic rings. The van der Waals surface area contributed by atoms with Crippen molar-refractivity contribution in [1.82, 2.24) is 0 Å². The van der Waals surface area contributed by atoms with Crippen LogP contribution in [0.3, 0.4) is 0 Å². The van der Waals surface area contributed by atoms with Gasteiger partial charge in [-0.25, -0.2) is 4.79 Å². The Bertz CT molecular complexity index is 97.6. The Hall–Kier alpha value is 0.380. The van der Waals surface area contributed by atoms with E-state index in [2.05, 4.69) is 0 Å². The van der Waals surface area contributed by atoms with E-state index in [-0.39, 0.29) is 17.0 Å². The normalized spacial score (nSPS) is 10.1. The predicted octanol–water partition coefficient (Wildman–Crippen LogP) is -2.02. The number of aliphatic carboxylic acids is 1. The fourth-order valence-corrected chi connectivity index (χ4v) is 1.22. The van der Waals surface area contributed by atoms with Crippen molar-refractivity contribution >= 4 is 13.2 Å². The highest BCUT2D eigenvalue weighted by Gasteiger charge is 2.20. The van der Waals surface area contributed by atoms with Crippen LogP contribution in [0.25, 0.3) is 0 Å². The van der Waals surface area contributed by atoms with Crippen LogP contribution in [0.1, 0.15) is 0 Å². The van der Waals surface area contributed by atoms with Gasteiger partial charge in [0.1, 0.15) is 0 Å². The maximum atomic E-state index is 10.0. The van der Waals surface area contributed by atoms with Crippen molar-refractivity contribution in [2.24, 2.45) is 0 Å². The number of carbonyl (C=O) groups is 1. The van der Waals surface area contributed by atoms with Crippen LogP contribution >= 0.6 is 7.26 Å². The van der Waals surface area contributed by atoms with Crippen molar-refractivity contribution in [3.8, 4) is 0 Å². The third-order valence-corrected chi connectivity index (χ3v) is 1.83. The molecule has 0 aliphatic carbocycles. The third kappa shape index (κ3) is 11.8. The van der Waals surface area contributed by atoms with Gasteiger partial charge in [0.05, 0.1) is 0 Å². The van der Waals surface area contributed by atoms with Crippen molar-refractivity contribution < 1.29 is 26.9 Å². The second-order valence-corrected chi connectivity index (χ2v) is 7.74. The smallest absolute Gasteiger partial charge is 0.341 e. The molecule has 4 heteroatoms. The van der Waals surface area contributed by atoms with E-state index in [9.17, 15) is 4.79 Å². The first-order chi connectivity index (χ1) is 3.42. The van der Waals surface area contributed by atoms with Crippen LogP contribution in [0.2, 0.25) is 0 Å². The topological polar surface area (TPSA) is 37.3 Å². The summed E-state index contributed by atoms with van der Waals surface area (Å²) in [5.41, 5.74) is 0. The Kier molecular flexibility index (Phi) is 5.69. The molecule has 9 heavy (non-hydrogen) atoms. The van der Waals surface area contributed by atoms with E-state index in [0.29, 0.717) is 6.16 Å². The van der Waals surface area contributed by atoms with E-state index in [1.807, 2.05) is 20.0 Å². The van der Waals surface area contributed by atoms with Crippen LogP contribution in [0.4, 0.5) is 0 Å². The number of halogens is 1. The lowest BCUT2D eigenvalue weighted by atomic mass is 10.8. The summed E-state index contributed by atoms with van der Waals surface area (Å²) in [7, 11) is -1.07. The van der Waals surface area contributed by atoms with Gasteiger partial charge in [0.25, 0.3) is 0 Å². The Morgan fingerprint density at radius 3 is 1.78 bits per heavy atom. The van der Waals surface area contributed by atoms with Gasteiger partial charge in [0, 0.05) is 27.3 Å². The fourth-order valence-electron chi connectivity index (χ4n) is 0.406. The molecule has 0 heterocycles. The number of hydrogen-bond donors (Lipinski definition) is 1. The molecule has 0 aromatic heterocycles. The Morgan fingerprint density at radius 1 is 1.44 bits per heavy atom. The van der Waals surface area contributed by atoms with Gasteiger partial charge in [-0.1, -0.05) is 0 Å². The molecule has 0 aromatic rings. The molecule has 1 N–H and O–H groups in total. The largest absolute Gasteiger partial charge is 1.00 e. The molecular weight excluding hydrogens is 203 g/mol. The summed E-state index contributed by atoms with van der Waals surface area (Å²) >= 11 is 0. The lowest BCUT2D eigenvalue weighted by Gasteiger charge is -2.06. The van der Waals surface area contributed by atoms with E-state index in [1.165, 1.54) is 0 Å². The van der Waals surface area contributed by atoms with Crippen LogP contribution in [0, 0.1) is 0 Å². The molecule has 0 atom stereocenters. The van der Waals surface area contributed by atoms with E-state index in [1.54, 1.807) is 0 Å². The quantitative estimate of drug-likeness (QED) is 0.540. The third-order valence-electron chi connectivity index (χ3n) is 0.610. The molecular formula is C5H12BrO2P. The van der Waals surface area contributed by atoms with Crippen LogP contribution in [-0.2, 0) is 4.79 Å². The standard InChI is InChI=1S/C5H11O2P.BrH/c1-8(2,3)4-5(6)7;/h4H2,1-3H3;1H. The molecule has 0 fully saturated rings. The lowest BCUT2D eigenvalue weighted by molar-refractivity contribution is -0.134. The van der Waals surface area contributed by atoms with Crippen molar-refractivity contribution in [1.29, 1.82) is 0 Å². The van der Waals surface area contributed by atoms with Crippen LogP contribution in [0.15, 0.2) is 0 Å². The van der Waals surface area contributed by atoms with Gasteiger partial charge < -0.3 is 22.1 Å². The molecule has 0 amide bonds. The molecule has 0 aliphatic heterocycles. The second-order valence-electron chi connectivity index (χ2n) is 2.84. The molecule has 56 valence electrons. The van der Waals surface area contributed by atoms with E-state index in [0.717, 1.165) is 0 Å². The summed E-state index contributed by atoms with van der Waals surface area (Å²) in [5.74, 6) is -0.675. The number of rotatable bonds is 2. The molecule has 0 aromatic carbocycles. The molecule has 0 rings (SSSR count). The summed E-state index contributed by atoms with van der Waals surface area (Å²) in [6.07, 6.45) is 0.354. The molecule has 0 unspecified atom stereocenters. The number of hydrogen-bond acceptors (Lipinski definition) is 1. The SMILES string of the molecule is C[P+](C)(C)CC(=O)O.[Br-]. The first-order valence-corrected chi connectivity index (χ1v) is 5.75. The van der Waals surface area contributed by atoms with Crippen LogP contribution in [-0.4, -0.2) is 37.2 Å². The minimum Gasteiger partial charge on any atom is -1.00 e. The second kappa shape index (κ2) is 4.24. The molecule has 0 radical (unpaired) electrons. The van der Waals surface area contributed by atoms with Crippen LogP contribution < -0.4 is 17.0 Å². The monoisotopic (exact) mass is 214 g/mol. The number of carboxylic acid groups (broad SMARTS) is 1. The van der Waals surface area contributed by atoms with Gasteiger partial charge in [-0.3, -0.25) is 0 Å². The highest BCUT2D eigenvalue weighted by Crippen LogP contribution is 2.45. The van der Waals surface area contributed by atoms with Crippen LogP contribution in [0.5, 0.6) is 0 Å². The summed E-state index contributed by atoms with van der Waals surface area (Å²) in [6, 6.07) is 0.